The Morgan fingerprint density at radius 1 is 1.18 bits per heavy atom. The highest BCUT2D eigenvalue weighted by Gasteiger charge is 2.32. The molecule has 1 atom stereocenters. The summed E-state index contributed by atoms with van der Waals surface area (Å²) in [5, 5.41) is 9.89. The third kappa shape index (κ3) is 3.41. The van der Waals surface area contributed by atoms with Gasteiger partial charge in [-0.1, -0.05) is 11.6 Å². The summed E-state index contributed by atoms with van der Waals surface area (Å²) < 4.78 is 0. The second-order valence-electron chi connectivity index (χ2n) is 3.46. The monoisotopic (exact) mass is 178 g/mol. The van der Waals surface area contributed by atoms with E-state index in [4.69, 9.17) is 11.6 Å². The van der Waals surface area contributed by atoms with Crippen molar-refractivity contribution in [2.24, 2.45) is 0 Å². The molecule has 0 saturated heterocycles. The van der Waals surface area contributed by atoms with E-state index < -0.39 is 5.18 Å². The Hall–Kier alpha value is 0.210. The number of hydrogen-bond donors (Lipinski definition) is 0. The highest BCUT2D eigenvalue weighted by Crippen LogP contribution is 2.22. The van der Waals surface area contributed by atoms with E-state index in [2.05, 4.69) is 0 Å². The first kappa shape index (κ1) is 11.2. The number of nitrogens with zero attached hydrogens (tertiary/aromatic N) is 1. The highest BCUT2D eigenvalue weighted by molar-refractivity contribution is 6.22. The topological polar surface area (TPSA) is 23.1 Å². The van der Waals surface area contributed by atoms with Crippen molar-refractivity contribution in [3.63, 3.8) is 0 Å². The first-order valence-corrected chi connectivity index (χ1v) is 4.32. The van der Waals surface area contributed by atoms with Crippen LogP contribution in [0.4, 0.5) is 0 Å². The van der Waals surface area contributed by atoms with Crippen LogP contribution in [-0.2, 0) is 5.11 Å². The molecule has 0 saturated carbocycles. The number of alkyl halides is 1. The number of hydrogen-bond acceptors (Lipinski definition) is 1. The average molecular weight is 179 g/mol. The maximum atomic E-state index is 11.4. The first-order valence-electron chi connectivity index (χ1n) is 3.94. The molecule has 67 valence electrons. The zero-order valence-electron chi connectivity index (χ0n) is 7.89. The fourth-order valence-corrected chi connectivity index (χ4v) is 1.91. The van der Waals surface area contributed by atoms with Gasteiger partial charge in [0.05, 0.1) is 0 Å². The fourth-order valence-electron chi connectivity index (χ4n) is 1.52. The van der Waals surface area contributed by atoms with Crippen LogP contribution in [0.5, 0.6) is 0 Å². The van der Waals surface area contributed by atoms with E-state index in [9.17, 15) is 5.11 Å². The standard InChI is InChI=1S/C8H17ClNO/c1-6(2)10(7(3)4)8(5,9)11/h6-7H,1-5H3. The molecule has 0 heterocycles. The van der Waals surface area contributed by atoms with Gasteiger partial charge in [-0.25, -0.2) is 0 Å². The fraction of sp³-hybridized carbons (Fsp3) is 1.00. The third-order valence-electron chi connectivity index (χ3n) is 1.57. The van der Waals surface area contributed by atoms with Crippen molar-refractivity contribution < 1.29 is 5.11 Å². The molecule has 1 radical (unpaired) electrons. The Bertz CT molecular complexity index is 110. The van der Waals surface area contributed by atoms with Crippen molar-refractivity contribution in [2.45, 2.75) is 51.9 Å². The predicted molar refractivity (Wildman–Crippen MR) is 47.1 cm³/mol. The van der Waals surface area contributed by atoms with Gasteiger partial charge in [-0.2, -0.15) is 5.11 Å². The molecule has 0 spiro atoms. The van der Waals surface area contributed by atoms with Crippen LogP contribution in [0.1, 0.15) is 34.6 Å². The van der Waals surface area contributed by atoms with E-state index >= 15 is 0 Å². The molecule has 0 aliphatic rings. The summed E-state index contributed by atoms with van der Waals surface area (Å²) in [5.41, 5.74) is 0. The molecule has 0 amide bonds. The van der Waals surface area contributed by atoms with Gasteiger partial charge in [-0.15, -0.1) is 0 Å². The highest BCUT2D eigenvalue weighted by atomic mass is 35.5. The molecule has 0 aromatic heterocycles. The second kappa shape index (κ2) is 3.74. The molecule has 0 aliphatic heterocycles. The molecule has 11 heavy (non-hydrogen) atoms. The van der Waals surface area contributed by atoms with Gasteiger partial charge in [0.2, 0.25) is 5.18 Å². The average Bonchev–Trinajstić information content (AvgIpc) is 1.54. The lowest BCUT2D eigenvalue weighted by molar-refractivity contribution is -0.104. The molecule has 0 aliphatic carbocycles. The number of halogens is 1. The molecule has 0 aromatic carbocycles. The van der Waals surface area contributed by atoms with Gasteiger partial charge in [0, 0.05) is 12.1 Å². The lowest BCUT2D eigenvalue weighted by Gasteiger charge is -2.36. The van der Waals surface area contributed by atoms with Gasteiger partial charge in [-0.05, 0) is 34.6 Å². The van der Waals surface area contributed by atoms with E-state index in [0.29, 0.717) is 0 Å². The molecule has 0 rings (SSSR count). The molecule has 0 aromatic rings. The molecule has 0 fully saturated rings. The summed E-state index contributed by atoms with van der Waals surface area (Å²) in [6.45, 7) is 9.36. The van der Waals surface area contributed by atoms with E-state index in [1.54, 1.807) is 4.90 Å². The van der Waals surface area contributed by atoms with Gasteiger partial charge in [-0.3, -0.25) is 4.90 Å². The first-order chi connectivity index (χ1) is 4.76. The Morgan fingerprint density at radius 3 is 1.45 bits per heavy atom. The Labute approximate surface area is 74.2 Å². The summed E-state index contributed by atoms with van der Waals surface area (Å²) in [5.74, 6) is 0. The molecule has 2 nitrogen and oxygen atoms in total. The van der Waals surface area contributed by atoms with Crippen LogP contribution in [0.3, 0.4) is 0 Å². The lowest BCUT2D eigenvalue weighted by atomic mass is 10.2. The van der Waals surface area contributed by atoms with Gasteiger partial charge in [0.1, 0.15) is 0 Å². The summed E-state index contributed by atoms with van der Waals surface area (Å²) in [6, 6.07) is 0.380. The molecular weight excluding hydrogens is 162 g/mol. The molecule has 0 bridgehead atoms. The normalized spacial score (nSPS) is 18.0. The van der Waals surface area contributed by atoms with E-state index in [0.717, 1.165) is 0 Å². The van der Waals surface area contributed by atoms with Crippen molar-refractivity contribution >= 4 is 11.6 Å². The van der Waals surface area contributed by atoms with Crippen LogP contribution in [0.15, 0.2) is 0 Å². The third-order valence-corrected chi connectivity index (χ3v) is 1.77. The van der Waals surface area contributed by atoms with Gasteiger partial charge < -0.3 is 0 Å². The van der Waals surface area contributed by atoms with Crippen LogP contribution >= 0.6 is 11.6 Å². The van der Waals surface area contributed by atoms with E-state index in [1.165, 1.54) is 6.92 Å². The quantitative estimate of drug-likeness (QED) is 0.370. The van der Waals surface area contributed by atoms with E-state index in [1.807, 2.05) is 27.7 Å². The zero-order chi connectivity index (χ0) is 9.23. The maximum Gasteiger partial charge on any atom is 0.229 e. The Balaban J connectivity index is 4.35. The van der Waals surface area contributed by atoms with Crippen LogP contribution < -0.4 is 0 Å². The molecular formula is C8H17ClNO. The molecule has 3 heteroatoms. The summed E-state index contributed by atoms with van der Waals surface area (Å²) in [7, 11) is 0. The minimum Gasteiger partial charge on any atom is -0.256 e. The predicted octanol–water partition coefficient (Wildman–Crippen LogP) is 2.45. The van der Waals surface area contributed by atoms with Gasteiger partial charge in [0.15, 0.2) is 0 Å². The van der Waals surface area contributed by atoms with Crippen molar-refractivity contribution in [3.05, 3.63) is 0 Å². The smallest absolute Gasteiger partial charge is 0.229 e. The van der Waals surface area contributed by atoms with Crippen LogP contribution in [0, 0.1) is 0 Å². The largest absolute Gasteiger partial charge is 0.256 e. The minimum absolute atomic E-state index is 0.190. The molecule has 0 N–H and O–H groups in total. The Morgan fingerprint density at radius 2 is 1.45 bits per heavy atom. The van der Waals surface area contributed by atoms with Crippen LogP contribution in [-0.4, -0.2) is 22.2 Å². The van der Waals surface area contributed by atoms with Crippen molar-refractivity contribution in [1.29, 1.82) is 0 Å². The zero-order valence-corrected chi connectivity index (χ0v) is 8.64. The summed E-state index contributed by atoms with van der Waals surface area (Å²) in [6.07, 6.45) is 0. The summed E-state index contributed by atoms with van der Waals surface area (Å²) in [4.78, 5) is 1.73. The minimum atomic E-state index is -1.48. The SMILES string of the molecule is CC(C)N(C(C)C)C(C)([O])Cl. The van der Waals surface area contributed by atoms with E-state index in [-0.39, 0.29) is 12.1 Å². The molecule has 1 unspecified atom stereocenters. The number of rotatable bonds is 3. The Kier molecular flexibility index (Phi) is 3.82. The second-order valence-corrected chi connectivity index (χ2v) is 4.17. The summed E-state index contributed by atoms with van der Waals surface area (Å²) >= 11 is 5.66. The van der Waals surface area contributed by atoms with Gasteiger partial charge >= 0.3 is 0 Å². The lowest BCUT2D eigenvalue weighted by Crippen LogP contribution is -2.49. The maximum absolute atomic E-state index is 11.4. The van der Waals surface area contributed by atoms with Crippen LogP contribution in [0.25, 0.3) is 0 Å². The van der Waals surface area contributed by atoms with Crippen molar-refractivity contribution in [1.82, 2.24) is 4.90 Å². The van der Waals surface area contributed by atoms with Crippen LogP contribution in [0.2, 0.25) is 0 Å². The van der Waals surface area contributed by atoms with Crippen molar-refractivity contribution in [3.8, 4) is 0 Å². The van der Waals surface area contributed by atoms with Gasteiger partial charge in [0.25, 0.3) is 0 Å². The van der Waals surface area contributed by atoms with Crippen molar-refractivity contribution in [2.75, 3.05) is 0 Å².